The third kappa shape index (κ3) is 3.74. The van der Waals surface area contributed by atoms with E-state index in [2.05, 4.69) is 33.1 Å². The fraction of sp³-hybridized carbons (Fsp3) is 0.200. The van der Waals surface area contributed by atoms with Crippen molar-refractivity contribution in [1.82, 2.24) is 5.32 Å². The Kier molecular flexibility index (Phi) is 5.01. The molecule has 4 N–H and O–H groups in total. The van der Waals surface area contributed by atoms with E-state index in [9.17, 15) is 4.79 Å². The number of hydrogen-bond acceptors (Lipinski definition) is 3. The molecule has 0 fully saturated rings. The number of oxime groups is 1. The van der Waals surface area contributed by atoms with Crippen LogP contribution in [0.2, 0.25) is 5.02 Å². The summed E-state index contributed by atoms with van der Waals surface area (Å²) in [5.41, 5.74) is 5.78. The van der Waals surface area contributed by atoms with Crippen LogP contribution < -0.4 is 11.1 Å². The number of rotatable bonds is 3. The van der Waals surface area contributed by atoms with Crippen LogP contribution in [0.15, 0.2) is 23.4 Å². The summed E-state index contributed by atoms with van der Waals surface area (Å²) >= 11 is 7.98. The van der Waals surface area contributed by atoms with Crippen LogP contribution >= 0.6 is 34.2 Å². The summed E-state index contributed by atoms with van der Waals surface area (Å²) in [6, 6.07) is 4.41. The molecule has 0 bridgehead atoms. The van der Waals surface area contributed by atoms with Crippen molar-refractivity contribution >= 4 is 45.9 Å². The van der Waals surface area contributed by atoms with Gasteiger partial charge in [-0.15, -0.1) is 0 Å². The summed E-state index contributed by atoms with van der Waals surface area (Å²) in [6.45, 7) is 1.61. The van der Waals surface area contributed by atoms with Crippen LogP contribution in [0.3, 0.4) is 0 Å². The number of nitrogens with one attached hydrogen (secondary N) is 1. The van der Waals surface area contributed by atoms with Gasteiger partial charge in [0.15, 0.2) is 5.84 Å². The number of hydrogen-bond donors (Lipinski definition) is 3. The first-order valence-corrected chi connectivity index (χ1v) is 6.14. The third-order valence-corrected chi connectivity index (χ3v) is 3.66. The van der Waals surface area contributed by atoms with Crippen LogP contribution in [0.25, 0.3) is 0 Å². The van der Waals surface area contributed by atoms with Crippen LogP contribution in [0.1, 0.15) is 17.3 Å². The van der Waals surface area contributed by atoms with E-state index >= 15 is 0 Å². The van der Waals surface area contributed by atoms with Crippen molar-refractivity contribution in [3.8, 4) is 0 Å². The predicted molar refractivity (Wildman–Crippen MR) is 74.5 cm³/mol. The molecule has 5 nitrogen and oxygen atoms in total. The molecule has 17 heavy (non-hydrogen) atoms. The Morgan fingerprint density at radius 3 is 2.82 bits per heavy atom. The average Bonchev–Trinajstić information content (AvgIpc) is 2.31. The fourth-order valence-electron chi connectivity index (χ4n) is 1.08. The maximum atomic E-state index is 11.8. The second-order valence-corrected chi connectivity index (χ2v) is 4.92. The number of nitrogens with zero attached hydrogens (tertiary/aromatic N) is 1. The van der Waals surface area contributed by atoms with Crippen molar-refractivity contribution in [1.29, 1.82) is 0 Å². The first-order valence-electron chi connectivity index (χ1n) is 4.69. The topological polar surface area (TPSA) is 87.7 Å². The Balaban J connectivity index is 2.80. The Hall–Kier alpha value is -1.02. The molecule has 0 aliphatic carbocycles. The highest BCUT2D eigenvalue weighted by Gasteiger charge is 2.13. The lowest BCUT2D eigenvalue weighted by Gasteiger charge is -2.12. The molecule has 92 valence electrons. The van der Waals surface area contributed by atoms with Gasteiger partial charge >= 0.3 is 0 Å². The zero-order valence-electron chi connectivity index (χ0n) is 8.95. The molecular weight excluding hydrogens is 356 g/mol. The number of halogens is 2. The Morgan fingerprint density at radius 2 is 2.29 bits per heavy atom. The second-order valence-electron chi connectivity index (χ2n) is 3.35. The fourth-order valence-corrected chi connectivity index (χ4v) is 1.59. The monoisotopic (exact) mass is 367 g/mol. The van der Waals surface area contributed by atoms with Crippen LogP contribution in [0, 0.1) is 3.57 Å². The maximum Gasteiger partial charge on any atom is 0.251 e. The Bertz CT molecular complexity index is 465. The normalized spacial score (nSPS) is 13.2. The van der Waals surface area contributed by atoms with Crippen molar-refractivity contribution in [2.24, 2.45) is 10.9 Å². The summed E-state index contributed by atoms with van der Waals surface area (Å²) in [4.78, 5) is 11.8. The van der Waals surface area contributed by atoms with Crippen molar-refractivity contribution < 1.29 is 10.0 Å². The molecule has 1 aromatic rings. The molecule has 0 aliphatic heterocycles. The van der Waals surface area contributed by atoms with Crippen molar-refractivity contribution in [3.05, 3.63) is 32.4 Å². The Labute approximate surface area is 117 Å². The minimum absolute atomic E-state index is 0.0602. The average molecular weight is 368 g/mol. The summed E-state index contributed by atoms with van der Waals surface area (Å²) < 4.78 is 0.866. The zero-order valence-corrected chi connectivity index (χ0v) is 11.9. The number of benzene rings is 1. The van der Waals surface area contributed by atoms with E-state index in [1.165, 1.54) is 0 Å². The third-order valence-electron chi connectivity index (χ3n) is 2.09. The highest BCUT2D eigenvalue weighted by atomic mass is 127. The van der Waals surface area contributed by atoms with Crippen LogP contribution in [0.5, 0.6) is 0 Å². The van der Waals surface area contributed by atoms with E-state index in [1.54, 1.807) is 25.1 Å². The van der Waals surface area contributed by atoms with Crippen molar-refractivity contribution in [2.45, 2.75) is 13.0 Å². The van der Waals surface area contributed by atoms with Gasteiger partial charge in [0.05, 0.1) is 11.1 Å². The molecule has 0 saturated heterocycles. The zero-order chi connectivity index (χ0) is 13.0. The van der Waals surface area contributed by atoms with Crippen LogP contribution in [0.4, 0.5) is 0 Å². The largest absolute Gasteiger partial charge is 0.409 e. The van der Waals surface area contributed by atoms with Gasteiger partial charge < -0.3 is 16.3 Å². The van der Waals surface area contributed by atoms with E-state index in [0.717, 1.165) is 3.57 Å². The standard InChI is InChI=1S/C10H11ClIN3O2/c1-5(9(13)15-17)14-10(16)6-2-3-8(12)7(11)4-6/h2-5,17H,1H3,(H2,13,15)(H,14,16). The van der Waals surface area contributed by atoms with Gasteiger partial charge in [-0.05, 0) is 47.7 Å². The van der Waals surface area contributed by atoms with E-state index in [1.807, 2.05) is 0 Å². The highest BCUT2D eigenvalue weighted by Crippen LogP contribution is 2.19. The van der Waals surface area contributed by atoms with Crippen molar-refractivity contribution in [2.75, 3.05) is 0 Å². The SMILES string of the molecule is CC(NC(=O)c1ccc(I)c(Cl)c1)/C(N)=N/O. The van der Waals surface area contributed by atoms with Crippen LogP contribution in [-0.4, -0.2) is 23.0 Å². The lowest BCUT2D eigenvalue weighted by atomic mass is 10.2. The van der Waals surface area contributed by atoms with Gasteiger partial charge in [0.1, 0.15) is 0 Å². The number of amidine groups is 1. The molecule has 7 heteroatoms. The van der Waals surface area contributed by atoms with E-state index in [4.69, 9.17) is 22.5 Å². The lowest BCUT2D eigenvalue weighted by molar-refractivity contribution is 0.0948. The smallest absolute Gasteiger partial charge is 0.251 e. The highest BCUT2D eigenvalue weighted by molar-refractivity contribution is 14.1. The van der Waals surface area contributed by atoms with E-state index in [0.29, 0.717) is 10.6 Å². The van der Waals surface area contributed by atoms with E-state index < -0.39 is 6.04 Å². The first-order chi connectivity index (χ1) is 7.95. The second kappa shape index (κ2) is 6.06. The predicted octanol–water partition coefficient (Wildman–Crippen LogP) is 1.81. The summed E-state index contributed by atoms with van der Waals surface area (Å²) in [6.07, 6.45) is 0. The molecule has 1 aromatic carbocycles. The molecule has 1 atom stereocenters. The van der Waals surface area contributed by atoms with Gasteiger partial charge in [0.25, 0.3) is 5.91 Å². The van der Waals surface area contributed by atoms with Gasteiger partial charge in [0.2, 0.25) is 0 Å². The van der Waals surface area contributed by atoms with Crippen molar-refractivity contribution in [3.63, 3.8) is 0 Å². The molecule has 1 unspecified atom stereocenters. The number of carbonyl (C=O) groups is 1. The number of nitrogens with two attached hydrogens (primary N) is 1. The molecule has 0 saturated carbocycles. The Morgan fingerprint density at radius 1 is 1.65 bits per heavy atom. The van der Waals surface area contributed by atoms with Gasteiger partial charge in [-0.3, -0.25) is 4.79 Å². The van der Waals surface area contributed by atoms with Gasteiger partial charge in [0, 0.05) is 9.13 Å². The summed E-state index contributed by atoms with van der Waals surface area (Å²) in [5, 5.41) is 14.4. The maximum absolute atomic E-state index is 11.8. The van der Waals surface area contributed by atoms with Gasteiger partial charge in [-0.1, -0.05) is 16.8 Å². The molecule has 0 aliphatic rings. The van der Waals surface area contributed by atoms with Gasteiger partial charge in [-0.2, -0.15) is 0 Å². The van der Waals surface area contributed by atoms with Crippen LogP contribution in [-0.2, 0) is 0 Å². The first kappa shape index (κ1) is 14.0. The minimum Gasteiger partial charge on any atom is -0.409 e. The molecule has 0 heterocycles. The number of carbonyl (C=O) groups excluding carboxylic acids is 1. The molecule has 1 rings (SSSR count). The molecule has 0 spiro atoms. The lowest BCUT2D eigenvalue weighted by Crippen LogP contribution is -2.42. The minimum atomic E-state index is -0.550. The molecule has 0 radical (unpaired) electrons. The summed E-state index contributed by atoms with van der Waals surface area (Å²) in [7, 11) is 0. The summed E-state index contributed by atoms with van der Waals surface area (Å²) in [5.74, 6) is -0.391. The van der Waals surface area contributed by atoms with Gasteiger partial charge in [-0.25, -0.2) is 0 Å². The molecular formula is C10H11ClIN3O2. The number of amides is 1. The molecule has 1 amide bonds. The quantitative estimate of drug-likeness (QED) is 0.250. The molecule has 0 aromatic heterocycles. The van der Waals surface area contributed by atoms with E-state index in [-0.39, 0.29) is 11.7 Å².